The van der Waals surface area contributed by atoms with E-state index in [1.54, 1.807) is 5.56 Å². The molecule has 1 nitrogen and oxygen atoms in total. The van der Waals surface area contributed by atoms with Crippen molar-refractivity contribution in [3.8, 4) is 0 Å². The zero-order chi connectivity index (χ0) is 9.42. The van der Waals surface area contributed by atoms with Gasteiger partial charge in [0.25, 0.3) is 0 Å². The zero-order valence-electron chi connectivity index (χ0n) is 8.72. The summed E-state index contributed by atoms with van der Waals surface area (Å²) < 4.78 is 0. The van der Waals surface area contributed by atoms with Crippen LogP contribution in [0.3, 0.4) is 0 Å². The summed E-state index contributed by atoms with van der Waals surface area (Å²) in [6.07, 6.45) is 1.22. The van der Waals surface area contributed by atoms with Crippen LogP contribution >= 0.6 is 0 Å². The number of hydrogen-bond donors (Lipinski definition) is 0. The molecule has 0 spiro atoms. The molecule has 70 valence electrons. The van der Waals surface area contributed by atoms with Crippen molar-refractivity contribution >= 4 is 0 Å². The van der Waals surface area contributed by atoms with E-state index < -0.39 is 0 Å². The third-order valence-corrected chi connectivity index (χ3v) is 2.89. The standard InChI is InChI=1S/C12H17N/c1-9-6-10(2)12-4-5-13(3)8-11(12)7-9/h6-7H,4-5,8H2,1-3H3. The maximum absolute atomic E-state index is 2.39. The molecule has 0 fully saturated rings. The highest BCUT2D eigenvalue weighted by molar-refractivity contribution is 5.39. The fraction of sp³-hybridized carbons (Fsp3) is 0.500. The minimum absolute atomic E-state index is 1.12. The summed E-state index contributed by atoms with van der Waals surface area (Å²) in [4.78, 5) is 2.39. The van der Waals surface area contributed by atoms with E-state index in [0.717, 1.165) is 6.54 Å². The van der Waals surface area contributed by atoms with E-state index >= 15 is 0 Å². The van der Waals surface area contributed by atoms with E-state index in [-0.39, 0.29) is 0 Å². The van der Waals surface area contributed by atoms with Crippen molar-refractivity contribution in [2.45, 2.75) is 26.8 Å². The molecule has 1 aliphatic heterocycles. The van der Waals surface area contributed by atoms with Crippen molar-refractivity contribution in [1.82, 2.24) is 4.90 Å². The van der Waals surface area contributed by atoms with Crippen LogP contribution in [0.4, 0.5) is 0 Å². The maximum Gasteiger partial charge on any atom is 0.0233 e. The first-order chi connectivity index (χ1) is 6.16. The van der Waals surface area contributed by atoms with E-state index in [9.17, 15) is 0 Å². The average molecular weight is 175 g/mol. The van der Waals surface area contributed by atoms with E-state index in [0.29, 0.717) is 0 Å². The van der Waals surface area contributed by atoms with Crippen molar-refractivity contribution in [2.24, 2.45) is 0 Å². The lowest BCUT2D eigenvalue weighted by molar-refractivity contribution is 0.312. The Hall–Kier alpha value is -0.820. The van der Waals surface area contributed by atoms with Gasteiger partial charge in [0.1, 0.15) is 0 Å². The Morgan fingerprint density at radius 1 is 1.23 bits per heavy atom. The highest BCUT2D eigenvalue weighted by Gasteiger charge is 2.14. The third-order valence-electron chi connectivity index (χ3n) is 2.89. The average Bonchev–Trinajstić information content (AvgIpc) is 2.02. The molecular formula is C12H17N. The van der Waals surface area contributed by atoms with Gasteiger partial charge in [0.2, 0.25) is 0 Å². The fourth-order valence-corrected chi connectivity index (χ4v) is 2.26. The predicted molar refractivity (Wildman–Crippen MR) is 56.0 cm³/mol. The molecule has 2 rings (SSSR count). The zero-order valence-corrected chi connectivity index (χ0v) is 8.72. The monoisotopic (exact) mass is 175 g/mol. The van der Waals surface area contributed by atoms with Crippen LogP contribution in [0.1, 0.15) is 22.3 Å². The van der Waals surface area contributed by atoms with Gasteiger partial charge >= 0.3 is 0 Å². The molecule has 1 heterocycles. The molecule has 0 unspecified atom stereocenters. The second-order valence-corrected chi connectivity index (χ2v) is 4.21. The van der Waals surface area contributed by atoms with Crippen LogP contribution in [0.5, 0.6) is 0 Å². The van der Waals surface area contributed by atoms with Crippen molar-refractivity contribution in [3.63, 3.8) is 0 Å². The molecule has 0 aliphatic carbocycles. The van der Waals surface area contributed by atoms with Crippen molar-refractivity contribution in [3.05, 3.63) is 34.4 Å². The lowest BCUT2D eigenvalue weighted by Gasteiger charge is -2.26. The molecule has 0 bridgehead atoms. The molecule has 0 saturated carbocycles. The molecule has 0 N–H and O–H groups in total. The summed E-state index contributed by atoms with van der Waals surface area (Å²) in [5.74, 6) is 0. The van der Waals surface area contributed by atoms with E-state index in [4.69, 9.17) is 0 Å². The molecule has 0 saturated heterocycles. The largest absolute Gasteiger partial charge is 0.302 e. The normalized spacial score (nSPS) is 17.2. The molecule has 0 aromatic heterocycles. The topological polar surface area (TPSA) is 3.24 Å². The van der Waals surface area contributed by atoms with Gasteiger partial charge in [0.15, 0.2) is 0 Å². The summed E-state index contributed by atoms with van der Waals surface area (Å²) in [7, 11) is 2.20. The Bertz CT molecular complexity index is 328. The lowest BCUT2D eigenvalue weighted by Crippen LogP contribution is -2.27. The number of aryl methyl sites for hydroxylation is 2. The summed E-state index contributed by atoms with van der Waals surface area (Å²) in [5.41, 5.74) is 5.99. The van der Waals surface area contributed by atoms with Crippen LogP contribution in [0.2, 0.25) is 0 Å². The van der Waals surface area contributed by atoms with Gasteiger partial charge in [-0.15, -0.1) is 0 Å². The second-order valence-electron chi connectivity index (χ2n) is 4.21. The van der Waals surface area contributed by atoms with Crippen molar-refractivity contribution in [2.75, 3.05) is 13.6 Å². The number of rotatable bonds is 0. The lowest BCUT2D eigenvalue weighted by atomic mass is 9.93. The minimum atomic E-state index is 1.12. The van der Waals surface area contributed by atoms with Crippen molar-refractivity contribution < 1.29 is 0 Å². The number of hydrogen-bond acceptors (Lipinski definition) is 1. The Balaban J connectivity index is 2.47. The summed E-state index contributed by atoms with van der Waals surface area (Å²) in [6.45, 7) is 6.74. The van der Waals surface area contributed by atoms with Crippen LogP contribution < -0.4 is 0 Å². The van der Waals surface area contributed by atoms with E-state index in [2.05, 4.69) is 37.9 Å². The first-order valence-electron chi connectivity index (χ1n) is 4.94. The SMILES string of the molecule is Cc1cc(C)c2c(c1)CN(C)CC2. The van der Waals surface area contributed by atoms with Crippen molar-refractivity contribution in [1.29, 1.82) is 0 Å². The van der Waals surface area contributed by atoms with Crippen LogP contribution in [0.25, 0.3) is 0 Å². The van der Waals surface area contributed by atoms with Gasteiger partial charge in [-0.1, -0.05) is 17.7 Å². The maximum atomic E-state index is 2.39. The van der Waals surface area contributed by atoms with Gasteiger partial charge in [-0.2, -0.15) is 0 Å². The molecule has 1 aromatic carbocycles. The minimum Gasteiger partial charge on any atom is -0.302 e. The predicted octanol–water partition coefficient (Wildman–Crippen LogP) is 2.29. The Labute approximate surface area is 80.4 Å². The molecule has 0 amide bonds. The van der Waals surface area contributed by atoms with Gasteiger partial charge in [-0.05, 0) is 44.0 Å². The van der Waals surface area contributed by atoms with Gasteiger partial charge in [-0.3, -0.25) is 0 Å². The molecule has 1 heteroatoms. The Morgan fingerprint density at radius 2 is 2.00 bits per heavy atom. The van der Waals surface area contributed by atoms with E-state index in [1.165, 1.54) is 29.7 Å². The Morgan fingerprint density at radius 3 is 2.77 bits per heavy atom. The molecule has 0 atom stereocenters. The quantitative estimate of drug-likeness (QED) is 0.585. The van der Waals surface area contributed by atoms with Crippen LogP contribution in [0, 0.1) is 13.8 Å². The summed E-state index contributed by atoms with van der Waals surface area (Å²) >= 11 is 0. The van der Waals surface area contributed by atoms with Gasteiger partial charge < -0.3 is 4.90 Å². The number of nitrogens with zero attached hydrogens (tertiary/aromatic N) is 1. The second kappa shape index (κ2) is 3.15. The van der Waals surface area contributed by atoms with Gasteiger partial charge in [-0.25, -0.2) is 0 Å². The van der Waals surface area contributed by atoms with E-state index in [1.807, 2.05) is 0 Å². The third kappa shape index (κ3) is 1.61. The fourth-order valence-electron chi connectivity index (χ4n) is 2.26. The molecule has 1 aromatic rings. The highest BCUT2D eigenvalue weighted by atomic mass is 15.1. The van der Waals surface area contributed by atoms with Crippen LogP contribution in [-0.4, -0.2) is 18.5 Å². The number of fused-ring (bicyclic) bond motifs is 1. The first kappa shape index (κ1) is 8.76. The van der Waals surface area contributed by atoms with Gasteiger partial charge in [0, 0.05) is 13.1 Å². The molecule has 13 heavy (non-hydrogen) atoms. The molecule has 1 aliphatic rings. The summed E-state index contributed by atoms with van der Waals surface area (Å²) in [5, 5.41) is 0. The molecule has 0 radical (unpaired) electrons. The molecular weight excluding hydrogens is 158 g/mol. The summed E-state index contributed by atoms with van der Waals surface area (Å²) in [6, 6.07) is 4.63. The highest BCUT2D eigenvalue weighted by Crippen LogP contribution is 2.22. The number of likely N-dealkylation sites (N-methyl/N-ethyl adjacent to an activating group) is 1. The Kier molecular flexibility index (Phi) is 2.12. The number of benzene rings is 1. The van der Waals surface area contributed by atoms with Crippen LogP contribution in [0.15, 0.2) is 12.1 Å². The smallest absolute Gasteiger partial charge is 0.0233 e. The van der Waals surface area contributed by atoms with Crippen LogP contribution in [-0.2, 0) is 13.0 Å². The van der Waals surface area contributed by atoms with Gasteiger partial charge in [0.05, 0.1) is 0 Å². The first-order valence-corrected chi connectivity index (χ1v) is 4.94.